The summed E-state index contributed by atoms with van der Waals surface area (Å²) >= 11 is 5.75. The molecular formula is C17H26ClFN2O2. The van der Waals surface area contributed by atoms with Crippen LogP contribution in [0, 0.1) is 5.82 Å². The first kappa shape index (κ1) is 19.7. The van der Waals surface area contributed by atoms with Crippen molar-refractivity contribution in [2.24, 2.45) is 0 Å². The van der Waals surface area contributed by atoms with Crippen LogP contribution >= 0.6 is 11.6 Å². The number of hydrogen-bond donors (Lipinski definition) is 1. The number of rotatable bonds is 6. The minimum absolute atomic E-state index is 0.0481. The van der Waals surface area contributed by atoms with Gasteiger partial charge in [-0.15, -0.1) is 0 Å². The van der Waals surface area contributed by atoms with Crippen LogP contribution in [0.4, 0.5) is 9.18 Å². The van der Waals surface area contributed by atoms with E-state index in [1.54, 1.807) is 17.0 Å². The second kappa shape index (κ2) is 8.50. The summed E-state index contributed by atoms with van der Waals surface area (Å²) in [5.74, 6) is -0.425. The quantitative estimate of drug-likeness (QED) is 0.786. The van der Waals surface area contributed by atoms with Gasteiger partial charge in [-0.3, -0.25) is 0 Å². The van der Waals surface area contributed by atoms with E-state index < -0.39 is 11.4 Å². The lowest BCUT2D eigenvalue weighted by molar-refractivity contribution is 0.0193. The van der Waals surface area contributed by atoms with Gasteiger partial charge in [-0.25, -0.2) is 9.18 Å². The summed E-state index contributed by atoms with van der Waals surface area (Å²) in [7, 11) is 0. The molecular weight excluding hydrogens is 319 g/mol. The summed E-state index contributed by atoms with van der Waals surface area (Å²) in [5, 5.41) is 3.33. The molecule has 0 heterocycles. The minimum atomic E-state index is -0.511. The summed E-state index contributed by atoms with van der Waals surface area (Å²) in [5.41, 5.74) is 0.382. The van der Waals surface area contributed by atoms with Gasteiger partial charge >= 0.3 is 6.09 Å². The molecule has 0 spiro atoms. The number of nitrogens with one attached hydrogen (secondary N) is 1. The van der Waals surface area contributed by atoms with Crippen LogP contribution in [0.15, 0.2) is 18.2 Å². The average molecular weight is 345 g/mol. The Kier molecular flexibility index (Phi) is 7.29. The maximum Gasteiger partial charge on any atom is 0.410 e. The maximum absolute atomic E-state index is 13.1. The highest BCUT2D eigenvalue weighted by molar-refractivity contribution is 6.30. The monoisotopic (exact) mass is 344 g/mol. The molecule has 130 valence electrons. The molecule has 1 rings (SSSR count). The Morgan fingerprint density at radius 2 is 2.04 bits per heavy atom. The van der Waals surface area contributed by atoms with Gasteiger partial charge in [-0.1, -0.05) is 17.7 Å². The van der Waals surface area contributed by atoms with Gasteiger partial charge < -0.3 is 15.0 Å². The van der Waals surface area contributed by atoms with Crippen LogP contribution in [-0.4, -0.2) is 35.7 Å². The fourth-order valence-electron chi connectivity index (χ4n) is 1.96. The van der Waals surface area contributed by atoms with E-state index in [1.807, 2.05) is 34.6 Å². The number of carbonyl (C=O) groups excluding carboxylic acids is 1. The lowest BCUT2D eigenvalue weighted by Crippen LogP contribution is -2.44. The van der Waals surface area contributed by atoms with Gasteiger partial charge in [0.2, 0.25) is 0 Å². The smallest absolute Gasteiger partial charge is 0.410 e. The number of ether oxygens (including phenoxy) is 1. The highest BCUT2D eigenvalue weighted by atomic mass is 35.5. The Bertz CT molecular complexity index is 530. The number of benzene rings is 1. The second-order valence-electron chi connectivity index (χ2n) is 6.69. The molecule has 23 heavy (non-hydrogen) atoms. The van der Waals surface area contributed by atoms with E-state index in [4.69, 9.17) is 16.3 Å². The summed E-state index contributed by atoms with van der Waals surface area (Å²) in [6.07, 6.45) is -0.320. The second-order valence-corrected chi connectivity index (χ2v) is 7.10. The summed E-state index contributed by atoms with van der Waals surface area (Å²) in [4.78, 5) is 13.8. The van der Waals surface area contributed by atoms with Crippen molar-refractivity contribution < 1.29 is 13.9 Å². The van der Waals surface area contributed by atoms with Crippen LogP contribution in [0.25, 0.3) is 0 Å². The van der Waals surface area contributed by atoms with Crippen molar-refractivity contribution in [2.45, 2.75) is 52.8 Å². The zero-order valence-electron chi connectivity index (χ0n) is 14.5. The molecule has 1 N–H and O–H groups in total. The minimum Gasteiger partial charge on any atom is -0.444 e. The van der Waals surface area contributed by atoms with E-state index in [9.17, 15) is 9.18 Å². The third-order valence-corrected chi connectivity index (χ3v) is 3.38. The van der Waals surface area contributed by atoms with Crippen LogP contribution in [0.5, 0.6) is 0 Å². The Labute approximate surface area is 142 Å². The summed E-state index contributed by atoms with van der Waals surface area (Å²) in [6.45, 7) is 11.1. The van der Waals surface area contributed by atoms with Crippen molar-refractivity contribution in [1.29, 1.82) is 0 Å². The number of halogens is 2. The molecule has 0 atom stereocenters. The van der Waals surface area contributed by atoms with Crippen molar-refractivity contribution >= 4 is 17.7 Å². The standard InChI is InChI=1S/C17H26ClFN2O2/c1-12(2)21(16(22)23-17(3,4)5)9-8-20-11-13-6-7-15(19)14(18)10-13/h6-7,10,12,20H,8-9,11H2,1-5H3. The predicted molar refractivity (Wildman–Crippen MR) is 91.2 cm³/mol. The molecule has 0 saturated heterocycles. The molecule has 1 aromatic rings. The van der Waals surface area contributed by atoms with Crippen molar-refractivity contribution in [3.8, 4) is 0 Å². The highest BCUT2D eigenvalue weighted by Gasteiger charge is 2.23. The third kappa shape index (κ3) is 7.18. The first-order valence-corrected chi connectivity index (χ1v) is 8.12. The number of hydrogen-bond acceptors (Lipinski definition) is 3. The van der Waals surface area contributed by atoms with Gasteiger partial charge in [0.1, 0.15) is 11.4 Å². The molecule has 0 aliphatic heterocycles. The Morgan fingerprint density at radius 1 is 1.39 bits per heavy atom. The fraction of sp³-hybridized carbons (Fsp3) is 0.588. The van der Waals surface area contributed by atoms with E-state index in [0.29, 0.717) is 19.6 Å². The number of nitrogens with zero attached hydrogens (tertiary/aromatic N) is 1. The first-order valence-electron chi connectivity index (χ1n) is 7.74. The van der Waals surface area contributed by atoms with Crippen LogP contribution in [0.1, 0.15) is 40.2 Å². The zero-order valence-corrected chi connectivity index (χ0v) is 15.2. The highest BCUT2D eigenvalue weighted by Crippen LogP contribution is 2.16. The first-order chi connectivity index (χ1) is 10.6. The van der Waals surface area contributed by atoms with Gasteiger partial charge in [0.15, 0.2) is 0 Å². The van der Waals surface area contributed by atoms with Crippen molar-refractivity contribution in [2.75, 3.05) is 13.1 Å². The largest absolute Gasteiger partial charge is 0.444 e. The Hall–Kier alpha value is -1.33. The van der Waals surface area contributed by atoms with Crippen molar-refractivity contribution in [3.63, 3.8) is 0 Å². The lowest BCUT2D eigenvalue weighted by Gasteiger charge is -2.30. The molecule has 6 heteroatoms. The molecule has 0 fully saturated rings. The molecule has 0 aliphatic carbocycles. The molecule has 1 aromatic carbocycles. The molecule has 0 radical (unpaired) electrons. The molecule has 0 saturated carbocycles. The van der Waals surface area contributed by atoms with Crippen molar-refractivity contribution in [3.05, 3.63) is 34.6 Å². The normalized spacial score (nSPS) is 11.7. The van der Waals surface area contributed by atoms with E-state index >= 15 is 0 Å². The fourth-order valence-corrected chi connectivity index (χ4v) is 2.17. The Morgan fingerprint density at radius 3 is 2.57 bits per heavy atom. The third-order valence-electron chi connectivity index (χ3n) is 3.09. The van der Waals surface area contributed by atoms with Crippen LogP contribution in [0.3, 0.4) is 0 Å². The Balaban J connectivity index is 2.47. The van der Waals surface area contributed by atoms with Gasteiger partial charge in [-0.2, -0.15) is 0 Å². The van der Waals surface area contributed by atoms with E-state index in [0.717, 1.165) is 5.56 Å². The van der Waals surface area contributed by atoms with E-state index in [2.05, 4.69) is 5.32 Å². The van der Waals surface area contributed by atoms with Crippen LogP contribution < -0.4 is 5.32 Å². The zero-order chi connectivity index (χ0) is 17.6. The molecule has 0 bridgehead atoms. The summed E-state index contributed by atoms with van der Waals surface area (Å²) < 4.78 is 18.5. The van der Waals surface area contributed by atoms with Gasteiger partial charge in [0, 0.05) is 25.7 Å². The van der Waals surface area contributed by atoms with Crippen LogP contribution in [0.2, 0.25) is 5.02 Å². The number of amides is 1. The van der Waals surface area contributed by atoms with E-state index in [-0.39, 0.29) is 17.2 Å². The van der Waals surface area contributed by atoms with Gasteiger partial charge in [0.05, 0.1) is 5.02 Å². The van der Waals surface area contributed by atoms with E-state index in [1.165, 1.54) is 6.07 Å². The average Bonchev–Trinajstić information content (AvgIpc) is 2.40. The van der Waals surface area contributed by atoms with Gasteiger partial charge in [0.25, 0.3) is 0 Å². The van der Waals surface area contributed by atoms with Gasteiger partial charge in [-0.05, 0) is 52.3 Å². The molecule has 0 unspecified atom stereocenters. The maximum atomic E-state index is 13.1. The molecule has 1 amide bonds. The SMILES string of the molecule is CC(C)N(CCNCc1ccc(F)c(Cl)c1)C(=O)OC(C)(C)C. The van der Waals surface area contributed by atoms with Crippen molar-refractivity contribution in [1.82, 2.24) is 10.2 Å². The molecule has 4 nitrogen and oxygen atoms in total. The molecule has 0 aromatic heterocycles. The molecule has 0 aliphatic rings. The van der Waals surface area contributed by atoms with Crippen LogP contribution in [-0.2, 0) is 11.3 Å². The lowest BCUT2D eigenvalue weighted by atomic mass is 10.2. The topological polar surface area (TPSA) is 41.6 Å². The predicted octanol–water partition coefficient (Wildman–Crippen LogP) is 4.21. The summed E-state index contributed by atoms with van der Waals surface area (Å²) in [6, 6.07) is 4.67. The number of carbonyl (C=O) groups is 1.